The van der Waals surface area contributed by atoms with Gasteiger partial charge in [0.25, 0.3) is 5.56 Å². The van der Waals surface area contributed by atoms with Crippen LogP contribution >= 0.6 is 0 Å². The van der Waals surface area contributed by atoms with Gasteiger partial charge in [0.15, 0.2) is 0 Å². The number of amides is 1. The number of carboxylic acids is 1. The first-order chi connectivity index (χ1) is 9.91. The van der Waals surface area contributed by atoms with Gasteiger partial charge in [0.05, 0.1) is 11.4 Å². The van der Waals surface area contributed by atoms with Gasteiger partial charge >= 0.3 is 5.97 Å². The third-order valence-corrected chi connectivity index (χ3v) is 3.13. The number of hydrogen-bond donors (Lipinski definition) is 2. The van der Waals surface area contributed by atoms with Gasteiger partial charge in [0.1, 0.15) is 12.1 Å². The van der Waals surface area contributed by atoms with Gasteiger partial charge in [-0.15, -0.1) is 0 Å². The molecule has 2 aromatic rings. The summed E-state index contributed by atoms with van der Waals surface area (Å²) in [7, 11) is 1.69. The summed E-state index contributed by atoms with van der Waals surface area (Å²) in [5, 5.41) is 11.0. The fraction of sp³-hybridized carbons (Fsp3) is 0.214. The predicted molar refractivity (Wildman–Crippen MR) is 76.6 cm³/mol. The molecule has 110 valence electrons. The van der Waals surface area contributed by atoms with E-state index in [-0.39, 0.29) is 5.69 Å². The molecule has 0 aliphatic rings. The minimum atomic E-state index is -1.25. The average Bonchev–Trinajstić information content (AvgIpc) is 2.63. The zero-order chi connectivity index (χ0) is 15.6. The lowest BCUT2D eigenvalue weighted by Crippen LogP contribution is -2.23. The summed E-state index contributed by atoms with van der Waals surface area (Å²) in [6, 6.07) is 8.97. The summed E-state index contributed by atoms with van der Waals surface area (Å²) in [5.74, 6) is -1.97. The zero-order valence-electron chi connectivity index (χ0n) is 11.7. The molecule has 21 heavy (non-hydrogen) atoms. The maximum Gasteiger partial charge on any atom is 0.312 e. The number of nitrogens with zero attached hydrogens (tertiary/aromatic N) is 2. The smallest absolute Gasteiger partial charge is 0.312 e. The molecule has 0 fully saturated rings. The first-order valence-electron chi connectivity index (χ1n) is 6.27. The molecule has 1 amide bonds. The zero-order valence-corrected chi connectivity index (χ0v) is 11.7. The van der Waals surface area contributed by atoms with Crippen molar-refractivity contribution in [2.45, 2.75) is 13.3 Å². The second-order valence-corrected chi connectivity index (χ2v) is 4.56. The number of carboxylic acid groups (broad SMARTS) is 1. The maximum atomic E-state index is 12.4. The Morgan fingerprint density at radius 3 is 2.43 bits per heavy atom. The minimum Gasteiger partial charge on any atom is -0.481 e. The molecule has 0 spiro atoms. The van der Waals surface area contributed by atoms with E-state index in [9.17, 15) is 14.4 Å². The Morgan fingerprint density at radius 2 is 1.86 bits per heavy atom. The van der Waals surface area contributed by atoms with Gasteiger partial charge < -0.3 is 10.4 Å². The molecule has 1 aromatic carbocycles. The van der Waals surface area contributed by atoms with Crippen LogP contribution in [0.5, 0.6) is 0 Å². The third-order valence-electron chi connectivity index (χ3n) is 3.13. The van der Waals surface area contributed by atoms with Crippen LogP contribution in [0.3, 0.4) is 0 Å². The van der Waals surface area contributed by atoms with Crippen LogP contribution in [0.2, 0.25) is 0 Å². The van der Waals surface area contributed by atoms with Crippen molar-refractivity contribution < 1.29 is 14.7 Å². The average molecular weight is 289 g/mol. The van der Waals surface area contributed by atoms with Gasteiger partial charge in [-0.3, -0.25) is 19.1 Å². The molecule has 0 aliphatic heterocycles. The Labute approximate surface area is 120 Å². The number of aromatic nitrogens is 2. The molecule has 0 radical (unpaired) electrons. The minimum absolute atomic E-state index is 0.0904. The molecule has 7 nitrogen and oxygen atoms in total. The highest BCUT2D eigenvalue weighted by molar-refractivity contribution is 6.01. The number of aliphatic carboxylic acids is 1. The highest BCUT2D eigenvalue weighted by Crippen LogP contribution is 2.13. The first kappa shape index (κ1) is 14.6. The lowest BCUT2D eigenvalue weighted by Gasteiger charge is -2.07. The predicted octanol–water partition coefficient (Wildman–Crippen LogP) is 0.898. The highest BCUT2D eigenvalue weighted by Gasteiger charge is 2.18. The van der Waals surface area contributed by atoms with E-state index in [1.807, 2.05) is 6.07 Å². The number of para-hydroxylation sites is 1. The van der Waals surface area contributed by atoms with Gasteiger partial charge in [0.2, 0.25) is 5.91 Å². The quantitative estimate of drug-likeness (QED) is 0.818. The van der Waals surface area contributed by atoms with Crippen LogP contribution < -0.4 is 10.9 Å². The van der Waals surface area contributed by atoms with Crippen LogP contribution in [0.4, 0.5) is 5.69 Å². The second kappa shape index (κ2) is 5.66. The van der Waals surface area contributed by atoms with Crippen LogP contribution in [0.1, 0.15) is 12.1 Å². The molecule has 0 bridgehead atoms. The van der Waals surface area contributed by atoms with Crippen molar-refractivity contribution in [2.75, 3.05) is 5.32 Å². The van der Waals surface area contributed by atoms with Gasteiger partial charge in [-0.1, -0.05) is 18.2 Å². The van der Waals surface area contributed by atoms with Gasteiger partial charge in [-0.25, -0.2) is 4.68 Å². The number of carbonyl (C=O) groups excluding carboxylic acids is 1. The van der Waals surface area contributed by atoms with E-state index in [0.29, 0.717) is 11.4 Å². The van der Waals surface area contributed by atoms with Crippen molar-refractivity contribution in [1.82, 2.24) is 9.36 Å². The van der Waals surface area contributed by atoms with Crippen LogP contribution in [0.25, 0.3) is 5.69 Å². The summed E-state index contributed by atoms with van der Waals surface area (Å²) in [4.78, 5) is 34.5. The molecule has 2 rings (SSSR count). The number of nitrogens with one attached hydrogen (secondary N) is 1. The molecule has 1 heterocycles. The molecule has 0 atom stereocenters. The van der Waals surface area contributed by atoms with Crippen LogP contribution in [0.15, 0.2) is 35.1 Å². The van der Waals surface area contributed by atoms with E-state index < -0.39 is 23.9 Å². The molecular formula is C14H15N3O4. The number of rotatable bonds is 4. The number of benzene rings is 1. The molecule has 0 saturated heterocycles. The third kappa shape index (κ3) is 2.86. The van der Waals surface area contributed by atoms with E-state index in [1.54, 1.807) is 42.9 Å². The van der Waals surface area contributed by atoms with Crippen molar-refractivity contribution in [3.05, 3.63) is 46.4 Å². The van der Waals surface area contributed by atoms with Crippen molar-refractivity contribution in [3.8, 4) is 5.69 Å². The molecule has 1 aromatic heterocycles. The summed E-state index contributed by atoms with van der Waals surface area (Å²) < 4.78 is 3.01. The Bertz CT molecular complexity index is 744. The first-order valence-corrected chi connectivity index (χ1v) is 6.27. The fourth-order valence-electron chi connectivity index (χ4n) is 2.03. The van der Waals surface area contributed by atoms with Crippen LogP contribution in [-0.2, 0) is 16.6 Å². The van der Waals surface area contributed by atoms with E-state index in [4.69, 9.17) is 5.11 Å². The molecule has 7 heteroatoms. The normalized spacial score (nSPS) is 10.4. The van der Waals surface area contributed by atoms with Gasteiger partial charge in [-0.05, 0) is 19.1 Å². The molecular weight excluding hydrogens is 274 g/mol. The van der Waals surface area contributed by atoms with Crippen LogP contribution in [0, 0.1) is 6.92 Å². The second-order valence-electron chi connectivity index (χ2n) is 4.56. The summed E-state index contributed by atoms with van der Waals surface area (Å²) in [6.07, 6.45) is -0.681. The van der Waals surface area contributed by atoms with E-state index in [1.165, 1.54) is 4.68 Å². The summed E-state index contributed by atoms with van der Waals surface area (Å²) in [5.41, 5.74) is 0.891. The molecule has 2 N–H and O–H groups in total. The van der Waals surface area contributed by atoms with E-state index >= 15 is 0 Å². The van der Waals surface area contributed by atoms with Crippen LogP contribution in [-0.4, -0.2) is 26.3 Å². The monoisotopic (exact) mass is 289 g/mol. The van der Waals surface area contributed by atoms with Crippen molar-refractivity contribution in [3.63, 3.8) is 0 Å². The van der Waals surface area contributed by atoms with E-state index in [0.717, 1.165) is 0 Å². The highest BCUT2D eigenvalue weighted by atomic mass is 16.4. The Balaban J connectivity index is 2.44. The van der Waals surface area contributed by atoms with Crippen molar-refractivity contribution in [1.29, 1.82) is 0 Å². The number of carbonyl (C=O) groups is 2. The van der Waals surface area contributed by atoms with E-state index in [2.05, 4.69) is 5.32 Å². The van der Waals surface area contributed by atoms with Crippen molar-refractivity contribution in [2.24, 2.45) is 7.05 Å². The molecule has 0 saturated carbocycles. The lowest BCUT2D eigenvalue weighted by molar-refractivity contribution is -0.139. The Hall–Kier alpha value is -2.83. The topological polar surface area (TPSA) is 93.3 Å². The largest absolute Gasteiger partial charge is 0.481 e. The lowest BCUT2D eigenvalue weighted by atomic mass is 10.3. The van der Waals surface area contributed by atoms with Crippen molar-refractivity contribution >= 4 is 17.6 Å². The SMILES string of the molecule is Cc1c(NC(=O)CC(=O)O)c(=O)n(-c2ccccc2)n1C. The molecule has 0 aliphatic carbocycles. The van der Waals surface area contributed by atoms with Gasteiger partial charge in [0, 0.05) is 7.05 Å². The van der Waals surface area contributed by atoms with Gasteiger partial charge in [-0.2, -0.15) is 0 Å². The summed E-state index contributed by atoms with van der Waals surface area (Å²) in [6.45, 7) is 1.68. The number of hydrogen-bond acceptors (Lipinski definition) is 3. The standard InChI is InChI=1S/C14H15N3O4/c1-9-13(15-11(18)8-12(19)20)14(21)17(16(9)2)10-6-4-3-5-7-10/h3-7H,8H2,1-2H3,(H,15,18)(H,19,20). The summed E-state index contributed by atoms with van der Waals surface area (Å²) >= 11 is 0. The number of anilines is 1. The Morgan fingerprint density at radius 1 is 1.24 bits per heavy atom. The fourth-order valence-corrected chi connectivity index (χ4v) is 2.03. The molecule has 0 unspecified atom stereocenters. The Kier molecular flexibility index (Phi) is 3.93. The maximum absolute atomic E-state index is 12.4.